The lowest BCUT2D eigenvalue weighted by atomic mass is 9.96. The molecule has 2 amide bonds. The number of piperidine rings is 1. The zero-order chi connectivity index (χ0) is 16.1. The van der Waals surface area contributed by atoms with Crippen LogP contribution in [0.25, 0.3) is 0 Å². The second-order valence-corrected chi connectivity index (χ2v) is 6.64. The minimum absolute atomic E-state index is 0.222. The Morgan fingerprint density at radius 2 is 1.74 bits per heavy atom. The van der Waals surface area contributed by atoms with Crippen LogP contribution in [0.3, 0.4) is 0 Å². The number of nitrogens with one attached hydrogen (secondary N) is 2. The van der Waals surface area contributed by atoms with Crippen LogP contribution in [0, 0.1) is 5.82 Å². The maximum atomic E-state index is 13.6. The molecule has 0 aromatic heterocycles. The number of halogens is 1. The summed E-state index contributed by atoms with van der Waals surface area (Å²) in [6.45, 7) is 1.93. The molecule has 5 heteroatoms. The minimum atomic E-state index is -0.321. The highest BCUT2D eigenvalue weighted by atomic mass is 19.1. The Morgan fingerprint density at radius 3 is 2.48 bits per heavy atom. The van der Waals surface area contributed by atoms with E-state index in [9.17, 15) is 9.18 Å². The van der Waals surface area contributed by atoms with Crippen LogP contribution in [-0.2, 0) is 0 Å². The van der Waals surface area contributed by atoms with Crippen molar-refractivity contribution in [1.82, 2.24) is 5.32 Å². The Hall–Kier alpha value is -1.78. The Balaban J connectivity index is 1.67. The number of hydrogen-bond donors (Lipinski definition) is 2. The first-order valence-electron chi connectivity index (χ1n) is 8.84. The quantitative estimate of drug-likeness (QED) is 0.874. The van der Waals surface area contributed by atoms with Gasteiger partial charge in [-0.25, -0.2) is 9.18 Å². The standard InChI is InChI=1S/C18H26FN3O/c19-14-9-10-17(22-11-5-2-6-12-22)16(13-14)21-18(23)20-15-7-3-1-4-8-15/h9-10,13,15H,1-8,11-12H2,(H2,20,21,23). The fourth-order valence-electron chi connectivity index (χ4n) is 3.61. The van der Waals surface area contributed by atoms with Crippen LogP contribution in [0.15, 0.2) is 18.2 Å². The van der Waals surface area contributed by atoms with Gasteiger partial charge in [-0.2, -0.15) is 0 Å². The Kier molecular flexibility index (Phi) is 5.36. The summed E-state index contributed by atoms with van der Waals surface area (Å²) in [5.41, 5.74) is 1.49. The summed E-state index contributed by atoms with van der Waals surface area (Å²) in [6, 6.07) is 4.69. The van der Waals surface area contributed by atoms with Crippen LogP contribution < -0.4 is 15.5 Å². The molecule has 1 heterocycles. The minimum Gasteiger partial charge on any atom is -0.370 e. The highest BCUT2D eigenvalue weighted by Gasteiger charge is 2.19. The number of carbonyl (C=O) groups excluding carboxylic acids is 1. The van der Waals surface area contributed by atoms with Gasteiger partial charge in [0.05, 0.1) is 11.4 Å². The molecule has 4 nitrogen and oxygen atoms in total. The van der Waals surface area contributed by atoms with E-state index in [1.807, 2.05) is 0 Å². The first-order valence-corrected chi connectivity index (χ1v) is 8.84. The molecule has 23 heavy (non-hydrogen) atoms. The number of urea groups is 1. The Morgan fingerprint density at radius 1 is 1.04 bits per heavy atom. The lowest BCUT2D eigenvalue weighted by Gasteiger charge is -2.31. The summed E-state index contributed by atoms with van der Waals surface area (Å²) >= 11 is 0. The first-order chi connectivity index (χ1) is 11.2. The summed E-state index contributed by atoms with van der Waals surface area (Å²) in [5.74, 6) is -0.321. The molecular formula is C18H26FN3O. The molecule has 2 N–H and O–H groups in total. The van der Waals surface area contributed by atoms with E-state index in [2.05, 4.69) is 15.5 Å². The molecule has 126 valence electrons. The van der Waals surface area contributed by atoms with Gasteiger partial charge in [0.2, 0.25) is 0 Å². The lowest BCUT2D eigenvalue weighted by Crippen LogP contribution is -2.39. The van der Waals surface area contributed by atoms with Crippen molar-refractivity contribution >= 4 is 17.4 Å². The van der Waals surface area contributed by atoms with Crippen molar-refractivity contribution in [1.29, 1.82) is 0 Å². The number of nitrogens with zero attached hydrogens (tertiary/aromatic N) is 1. The predicted molar refractivity (Wildman–Crippen MR) is 91.5 cm³/mol. The topological polar surface area (TPSA) is 44.4 Å². The maximum absolute atomic E-state index is 13.6. The molecule has 1 aliphatic heterocycles. The third-order valence-electron chi connectivity index (χ3n) is 4.84. The molecule has 1 aromatic rings. The van der Waals surface area contributed by atoms with E-state index in [4.69, 9.17) is 0 Å². The average Bonchev–Trinajstić information content (AvgIpc) is 2.56. The van der Waals surface area contributed by atoms with Gasteiger partial charge in [0.15, 0.2) is 0 Å². The van der Waals surface area contributed by atoms with Gasteiger partial charge in [-0.05, 0) is 50.3 Å². The predicted octanol–water partition coefficient (Wildman–Crippen LogP) is 4.27. The normalized spacial score (nSPS) is 19.4. The highest BCUT2D eigenvalue weighted by molar-refractivity contribution is 5.93. The van der Waals surface area contributed by atoms with Crippen molar-refractivity contribution in [2.75, 3.05) is 23.3 Å². The van der Waals surface area contributed by atoms with Crippen molar-refractivity contribution in [3.8, 4) is 0 Å². The Labute approximate surface area is 137 Å². The van der Waals surface area contributed by atoms with Crippen LogP contribution in [0.5, 0.6) is 0 Å². The third kappa shape index (κ3) is 4.36. The highest BCUT2D eigenvalue weighted by Crippen LogP contribution is 2.29. The van der Waals surface area contributed by atoms with E-state index >= 15 is 0 Å². The largest absolute Gasteiger partial charge is 0.370 e. The van der Waals surface area contributed by atoms with Crippen LogP contribution in [-0.4, -0.2) is 25.2 Å². The summed E-state index contributed by atoms with van der Waals surface area (Å²) in [7, 11) is 0. The molecule has 1 saturated heterocycles. The molecule has 1 aromatic carbocycles. The molecular weight excluding hydrogens is 293 g/mol. The van der Waals surface area contributed by atoms with Crippen LogP contribution >= 0.6 is 0 Å². The molecule has 1 aliphatic carbocycles. The molecule has 0 atom stereocenters. The molecule has 0 unspecified atom stereocenters. The van der Waals surface area contributed by atoms with Gasteiger partial charge in [-0.3, -0.25) is 0 Å². The Bertz CT molecular complexity index is 537. The molecule has 1 saturated carbocycles. The molecule has 2 fully saturated rings. The van der Waals surface area contributed by atoms with Gasteiger partial charge in [-0.1, -0.05) is 19.3 Å². The van der Waals surface area contributed by atoms with Gasteiger partial charge >= 0.3 is 6.03 Å². The van der Waals surface area contributed by atoms with Crippen LogP contribution in [0.4, 0.5) is 20.6 Å². The summed E-state index contributed by atoms with van der Waals surface area (Å²) in [4.78, 5) is 14.5. The van der Waals surface area contributed by atoms with Gasteiger partial charge in [0.25, 0.3) is 0 Å². The zero-order valence-electron chi connectivity index (χ0n) is 13.6. The number of amides is 2. The SMILES string of the molecule is O=C(Nc1cc(F)ccc1N1CCCCC1)NC1CCCCC1. The van der Waals surface area contributed by atoms with Crippen molar-refractivity contribution in [2.24, 2.45) is 0 Å². The average molecular weight is 319 g/mol. The van der Waals surface area contributed by atoms with E-state index in [1.54, 1.807) is 6.07 Å². The number of benzene rings is 1. The van der Waals surface area contributed by atoms with E-state index in [1.165, 1.54) is 37.8 Å². The number of rotatable bonds is 3. The van der Waals surface area contributed by atoms with Crippen LogP contribution in [0.2, 0.25) is 0 Å². The van der Waals surface area contributed by atoms with Gasteiger partial charge in [-0.15, -0.1) is 0 Å². The van der Waals surface area contributed by atoms with Crippen molar-refractivity contribution in [3.63, 3.8) is 0 Å². The summed E-state index contributed by atoms with van der Waals surface area (Å²) in [5, 5.41) is 5.89. The fourth-order valence-corrected chi connectivity index (χ4v) is 3.61. The zero-order valence-corrected chi connectivity index (χ0v) is 13.6. The van der Waals surface area contributed by atoms with Crippen molar-refractivity contribution < 1.29 is 9.18 Å². The molecule has 0 radical (unpaired) electrons. The van der Waals surface area contributed by atoms with E-state index in [-0.39, 0.29) is 17.9 Å². The summed E-state index contributed by atoms with van der Waals surface area (Å²) < 4.78 is 13.6. The monoisotopic (exact) mass is 319 g/mol. The van der Waals surface area contributed by atoms with E-state index in [0.29, 0.717) is 5.69 Å². The first kappa shape index (κ1) is 16.1. The van der Waals surface area contributed by atoms with Gasteiger partial charge < -0.3 is 15.5 Å². The van der Waals surface area contributed by atoms with Crippen molar-refractivity contribution in [3.05, 3.63) is 24.0 Å². The summed E-state index contributed by atoms with van der Waals surface area (Å²) in [6.07, 6.45) is 9.20. The molecule has 0 spiro atoms. The van der Waals surface area contributed by atoms with Crippen molar-refractivity contribution in [2.45, 2.75) is 57.4 Å². The molecule has 0 bridgehead atoms. The number of hydrogen-bond acceptors (Lipinski definition) is 2. The van der Waals surface area contributed by atoms with E-state index in [0.717, 1.165) is 44.5 Å². The fraction of sp³-hybridized carbons (Fsp3) is 0.611. The number of anilines is 2. The van der Waals surface area contributed by atoms with E-state index < -0.39 is 0 Å². The van der Waals surface area contributed by atoms with Gasteiger partial charge in [0.1, 0.15) is 5.82 Å². The molecule has 3 rings (SSSR count). The van der Waals surface area contributed by atoms with Crippen LogP contribution in [0.1, 0.15) is 51.4 Å². The molecule has 2 aliphatic rings. The second kappa shape index (κ2) is 7.66. The maximum Gasteiger partial charge on any atom is 0.319 e. The second-order valence-electron chi connectivity index (χ2n) is 6.64. The number of carbonyl (C=O) groups is 1. The van der Waals surface area contributed by atoms with Gasteiger partial charge in [0, 0.05) is 19.1 Å². The smallest absolute Gasteiger partial charge is 0.319 e. The third-order valence-corrected chi connectivity index (χ3v) is 4.84. The lowest BCUT2D eigenvalue weighted by molar-refractivity contribution is 0.244.